The van der Waals surface area contributed by atoms with Crippen LogP contribution in [0.1, 0.15) is 38.5 Å². The Morgan fingerprint density at radius 1 is 1.03 bits per heavy atom. The van der Waals surface area contributed by atoms with Crippen molar-refractivity contribution in [1.82, 2.24) is 19.7 Å². The van der Waals surface area contributed by atoms with E-state index in [1.165, 1.54) is 13.8 Å². The SMILES string of the molecule is Cc1ccc(-c2nn(Cc3ccccc3)cc2C(=O)NS(=O)(=O)c2c(C)noc2C)cc1C. The van der Waals surface area contributed by atoms with E-state index in [1.807, 2.05) is 62.4 Å². The fraction of sp³-hybridized carbons (Fsp3) is 0.208. The highest BCUT2D eigenvalue weighted by Gasteiger charge is 2.29. The number of hydrogen-bond acceptors (Lipinski definition) is 6. The molecule has 4 rings (SSSR count). The first kappa shape index (κ1) is 22.5. The van der Waals surface area contributed by atoms with Crippen molar-refractivity contribution in [2.45, 2.75) is 39.1 Å². The van der Waals surface area contributed by atoms with E-state index in [1.54, 1.807) is 10.9 Å². The Bertz CT molecular complexity index is 1420. The number of sulfonamides is 1. The van der Waals surface area contributed by atoms with Gasteiger partial charge in [-0.05, 0) is 50.5 Å². The van der Waals surface area contributed by atoms with Crippen LogP contribution >= 0.6 is 0 Å². The predicted molar refractivity (Wildman–Crippen MR) is 123 cm³/mol. The van der Waals surface area contributed by atoms with E-state index in [-0.39, 0.29) is 21.9 Å². The van der Waals surface area contributed by atoms with Crippen molar-refractivity contribution in [3.05, 3.63) is 88.4 Å². The zero-order chi connectivity index (χ0) is 23.8. The van der Waals surface area contributed by atoms with Gasteiger partial charge in [0.1, 0.15) is 11.4 Å². The summed E-state index contributed by atoms with van der Waals surface area (Å²) in [5.41, 5.74) is 4.62. The first-order valence-electron chi connectivity index (χ1n) is 10.3. The molecular formula is C24H24N4O4S. The van der Waals surface area contributed by atoms with Gasteiger partial charge in [0.05, 0.1) is 12.1 Å². The van der Waals surface area contributed by atoms with Crippen molar-refractivity contribution in [1.29, 1.82) is 0 Å². The molecule has 2 aromatic heterocycles. The van der Waals surface area contributed by atoms with Crippen LogP contribution in [0.4, 0.5) is 0 Å². The van der Waals surface area contributed by atoms with Crippen LogP contribution < -0.4 is 4.72 Å². The molecule has 33 heavy (non-hydrogen) atoms. The van der Waals surface area contributed by atoms with Crippen LogP contribution in [0.2, 0.25) is 0 Å². The molecule has 4 aromatic rings. The third kappa shape index (κ3) is 4.58. The predicted octanol–water partition coefficient (Wildman–Crippen LogP) is 3.94. The summed E-state index contributed by atoms with van der Waals surface area (Å²) in [6, 6.07) is 15.4. The van der Waals surface area contributed by atoms with Crippen molar-refractivity contribution >= 4 is 15.9 Å². The zero-order valence-electron chi connectivity index (χ0n) is 18.8. The van der Waals surface area contributed by atoms with E-state index in [0.717, 1.165) is 22.3 Å². The van der Waals surface area contributed by atoms with E-state index in [4.69, 9.17) is 4.52 Å². The van der Waals surface area contributed by atoms with Crippen molar-refractivity contribution in [2.24, 2.45) is 0 Å². The van der Waals surface area contributed by atoms with Gasteiger partial charge in [-0.15, -0.1) is 0 Å². The molecule has 0 saturated carbocycles. The average molecular weight is 465 g/mol. The second kappa shape index (κ2) is 8.67. The van der Waals surface area contributed by atoms with Gasteiger partial charge in [-0.1, -0.05) is 47.6 Å². The Balaban J connectivity index is 1.75. The molecule has 0 saturated heterocycles. The number of rotatable bonds is 6. The van der Waals surface area contributed by atoms with Gasteiger partial charge in [0.25, 0.3) is 15.9 Å². The molecule has 0 aliphatic carbocycles. The molecule has 0 spiro atoms. The van der Waals surface area contributed by atoms with Gasteiger partial charge in [0, 0.05) is 11.8 Å². The smallest absolute Gasteiger partial charge is 0.269 e. The fourth-order valence-corrected chi connectivity index (χ4v) is 4.93. The maximum absolute atomic E-state index is 13.2. The topological polar surface area (TPSA) is 107 Å². The molecule has 0 radical (unpaired) electrons. The van der Waals surface area contributed by atoms with Gasteiger partial charge in [-0.2, -0.15) is 5.10 Å². The van der Waals surface area contributed by atoms with Crippen LogP contribution in [-0.4, -0.2) is 29.3 Å². The summed E-state index contributed by atoms with van der Waals surface area (Å²) in [5, 5.41) is 8.30. The Kier molecular flexibility index (Phi) is 5.90. The van der Waals surface area contributed by atoms with Crippen molar-refractivity contribution < 1.29 is 17.7 Å². The Hall–Kier alpha value is -3.72. The lowest BCUT2D eigenvalue weighted by Crippen LogP contribution is -2.31. The van der Waals surface area contributed by atoms with Crippen molar-refractivity contribution in [3.63, 3.8) is 0 Å². The van der Waals surface area contributed by atoms with E-state index in [0.29, 0.717) is 12.2 Å². The maximum atomic E-state index is 13.2. The summed E-state index contributed by atoms with van der Waals surface area (Å²) < 4.78 is 34.6. The van der Waals surface area contributed by atoms with Crippen LogP contribution in [0.15, 0.2) is 64.1 Å². The first-order valence-corrected chi connectivity index (χ1v) is 11.8. The number of hydrogen-bond donors (Lipinski definition) is 1. The van der Waals surface area contributed by atoms with Crippen molar-refractivity contribution in [2.75, 3.05) is 0 Å². The Morgan fingerprint density at radius 2 is 1.76 bits per heavy atom. The van der Waals surface area contributed by atoms with Gasteiger partial charge in [0.2, 0.25) is 0 Å². The third-order valence-electron chi connectivity index (χ3n) is 5.44. The molecule has 170 valence electrons. The number of aryl methyl sites for hydroxylation is 4. The molecule has 8 nitrogen and oxygen atoms in total. The van der Waals surface area contributed by atoms with E-state index in [9.17, 15) is 13.2 Å². The summed E-state index contributed by atoms with van der Waals surface area (Å²) in [7, 11) is -4.18. The van der Waals surface area contributed by atoms with Gasteiger partial charge in [-0.25, -0.2) is 13.1 Å². The summed E-state index contributed by atoms with van der Waals surface area (Å²) in [5.74, 6) is -0.663. The minimum absolute atomic E-state index is 0.113. The summed E-state index contributed by atoms with van der Waals surface area (Å²) >= 11 is 0. The lowest BCUT2D eigenvalue weighted by Gasteiger charge is -2.08. The average Bonchev–Trinajstić information content (AvgIpc) is 3.34. The minimum Gasteiger partial charge on any atom is -0.360 e. The quantitative estimate of drug-likeness (QED) is 0.463. The van der Waals surface area contributed by atoms with Crippen LogP contribution in [0.3, 0.4) is 0 Å². The molecule has 1 N–H and O–H groups in total. The molecule has 2 aromatic carbocycles. The number of carbonyl (C=O) groups excluding carboxylic acids is 1. The number of nitrogens with one attached hydrogen (secondary N) is 1. The highest BCUT2D eigenvalue weighted by atomic mass is 32.2. The molecule has 0 aliphatic heterocycles. The number of carbonyl (C=O) groups is 1. The van der Waals surface area contributed by atoms with Crippen LogP contribution in [0.5, 0.6) is 0 Å². The largest absolute Gasteiger partial charge is 0.360 e. The van der Waals surface area contributed by atoms with Gasteiger partial charge >= 0.3 is 0 Å². The first-order chi connectivity index (χ1) is 15.7. The van der Waals surface area contributed by atoms with Crippen molar-refractivity contribution in [3.8, 4) is 11.3 Å². The van der Waals surface area contributed by atoms with E-state index < -0.39 is 15.9 Å². The lowest BCUT2D eigenvalue weighted by atomic mass is 10.0. The number of aromatic nitrogens is 3. The van der Waals surface area contributed by atoms with Gasteiger partial charge in [-0.3, -0.25) is 9.48 Å². The standard InChI is InChI=1S/C24H24N4O4S/c1-15-10-11-20(12-16(15)2)22-21(14-28(25-22)13-19-8-6-5-7-9-19)24(29)27-33(30,31)23-17(3)26-32-18(23)4/h5-12,14H,13H2,1-4H3,(H,27,29). The van der Waals surface area contributed by atoms with E-state index in [2.05, 4.69) is 15.0 Å². The summed E-state index contributed by atoms with van der Waals surface area (Å²) in [6.45, 7) is 7.40. The highest BCUT2D eigenvalue weighted by molar-refractivity contribution is 7.90. The molecule has 2 heterocycles. The highest BCUT2D eigenvalue weighted by Crippen LogP contribution is 2.26. The molecule has 0 bridgehead atoms. The molecule has 0 atom stereocenters. The third-order valence-corrected chi connectivity index (χ3v) is 7.01. The summed E-state index contributed by atoms with van der Waals surface area (Å²) in [4.78, 5) is 13.1. The molecule has 0 fully saturated rings. The maximum Gasteiger partial charge on any atom is 0.269 e. The molecule has 1 amide bonds. The Labute approximate surface area is 192 Å². The second-order valence-electron chi connectivity index (χ2n) is 7.96. The Morgan fingerprint density at radius 3 is 2.39 bits per heavy atom. The number of nitrogens with zero attached hydrogens (tertiary/aromatic N) is 3. The van der Waals surface area contributed by atoms with E-state index >= 15 is 0 Å². The van der Waals surface area contributed by atoms with Gasteiger partial charge < -0.3 is 4.52 Å². The van der Waals surface area contributed by atoms with Gasteiger partial charge in [0.15, 0.2) is 10.7 Å². The lowest BCUT2D eigenvalue weighted by molar-refractivity contribution is 0.0982. The number of benzene rings is 2. The fourth-order valence-electron chi connectivity index (χ4n) is 3.63. The van der Waals surface area contributed by atoms with Crippen LogP contribution in [0.25, 0.3) is 11.3 Å². The zero-order valence-corrected chi connectivity index (χ0v) is 19.6. The second-order valence-corrected chi connectivity index (χ2v) is 9.58. The minimum atomic E-state index is -4.18. The number of amides is 1. The van der Waals surface area contributed by atoms with Crippen LogP contribution in [-0.2, 0) is 16.6 Å². The molecule has 0 unspecified atom stereocenters. The van der Waals surface area contributed by atoms with Crippen LogP contribution in [0, 0.1) is 27.7 Å². The molecule has 0 aliphatic rings. The molecular weight excluding hydrogens is 440 g/mol. The monoisotopic (exact) mass is 464 g/mol. The summed E-state index contributed by atoms with van der Waals surface area (Å²) in [6.07, 6.45) is 1.57. The molecule has 9 heteroatoms. The normalized spacial score (nSPS) is 11.5.